The molecule has 0 fully saturated rings. The highest BCUT2D eigenvalue weighted by Gasteiger charge is 2.08. The van der Waals surface area contributed by atoms with E-state index in [1.54, 1.807) is 0 Å². The van der Waals surface area contributed by atoms with E-state index < -0.39 is 0 Å². The summed E-state index contributed by atoms with van der Waals surface area (Å²) < 4.78 is 5.63. The van der Waals surface area contributed by atoms with Gasteiger partial charge in [-0.15, -0.1) is 10.2 Å². The predicted molar refractivity (Wildman–Crippen MR) is 80.2 cm³/mol. The Labute approximate surface area is 118 Å². The number of hydrogen-bond donors (Lipinski definition) is 1. The molecule has 0 atom stereocenters. The van der Waals surface area contributed by atoms with Crippen LogP contribution in [0.5, 0.6) is 0 Å². The van der Waals surface area contributed by atoms with Crippen molar-refractivity contribution in [1.82, 2.24) is 15.5 Å². The van der Waals surface area contributed by atoms with Gasteiger partial charge in [0.25, 0.3) is 0 Å². The zero-order chi connectivity index (χ0) is 14.2. The van der Waals surface area contributed by atoms with E-state index >= 15 is 0 Å². The van der Waals surface area contributed by atoms with E-state index in [1.165, 1.54) is 0 Å². The van der Waals surface area contributed by atoms with Gasteiger partial charge in [-0.3, -0.25) is 0 Å². The number of aromatic nitrogens is 2. The van der Waals surface area contributed by atoms with E-state index in [4.69, 9.17) is 4.42 Å². The minimum atomic E-state index is 0.546. The van der Waals surface area contributed by atoms with Crippen molar-refractivity contribution in [2.75, 3.05) is 14.1 Å². The first-order chi connectivity index (χ1) is 9.85. The highest BCUT2D eigenvalue weighted by atomic mass is 16.4. The van der Waals surface area contributed by atoms with Crippen molar-refractivity contribution >= 4 is 0 Å². The van der Waals surface area contributed by atoms with Crippen molar-refractivity contribution in [2.45, 2.75) is 0 Å². The van der Waals surface area contributed by atoms with Crippen molar-refractivity contribution in [3.05, 3.63) is 60.7 Å². The smallest absolute Gasteiger partial charge is 0.248 e. The lowest BCUT2D eigenvalue weighted by atomic mass is 10.2. The molecular weight excluding hydrogens is 250 g/mol. The van der Waals surface area contributed by atoms with Gasteiger partial charge >= 0.3 is 0 Å². The normalized spacial score (nSPS) is 9.70. The summed E-state index contributed by atoms with van der Waals surface area (Å²) >= 11 is 0. The topological polar surface area (TPSA) is 51.0 Å². The first-order valence-corrected chi connectivity index (χ1v) is 6.38. The summed E-state index contributed by atoms with van der Waals surface area (Å²) in [4.78, 5) is 0. The molecule has 3 aromatic rings. The van der Waals surface area contributed by atoms with Crippen LogP contribution in [0.2, 0.25) is 0 Å². The monoisotopic (exact) mass is 267 g/mol. The summed E-state index contributed by atoms with van der Waals surface area (Å²) in [6.45, 7) is 0. The summed E-state index contributed by atoms with van der Waals surface area (Å²) in [7, 11) is 3.75. The van der Waals surface area contributed by atoms with Crippen LogP contribution in [0.4, 0.5) is 0 Å². The quantitative estimate of drug-likeness (QED) is 0.774. The highest BCUT2D eigenvalue weighted by Crippen LogP contribution is 2.22. The Kier molecular flexibility index (Phi) is 5.03. The maximum atomic E-state index is 5.63. The van der Waals surface area contributed by atoms with E-state index in [2.05, 4.69) is 15.5 Å². The molecule has 0 aliphatic heterocycles. The maximum absolute atomic E-state index is 5.63. The Hall–Kier alpha value is -2.46. The van der Waals surface area contributed by atoms with E-state index in [0.29, 0.717) is 11.8 Å². The van der Waals surface area contributed by atoms with Crippen LogP contribution in [-0.2, 0) is 0 Å². The van der Waals surface area contributed by atoms with Crippen molar-refractivity contribution in [3.63, 3.8) is 0 Å². The third-order valence-electron chi connectivity index (χ3n) is 2.47. The van der Waals surface area contributed by atoms with Gasteiger partial charge in [0.2, 0.25) is 11.8 Å². The lowest BCUT2D eigenvalue weighted by Gasteiger charge is -1.93. The van der Waals surface area contributed by atoms with Crippen LogP contribution < -0.4 is 5.32 Å². The van der Waals surface area contributed by atoms with Crippen molar-refractivity contribution < 1.29 is 4.42 Å². The minimum absolute atomic E-state index is 0.546. The Morgan fingerprint density at radius 2 is 1.05 bits per heavy atom. The average molecular weight is 267 g/mol. The first-order valence-electron chi connectivity index (χ1n) is 6.38. The maximum Gasteiger partial charge on any atom is 0.248 e. The molecule has 102 valence electrons. The molecule has 0 aliphatic rings. The molecule has 0 spiro atoms. The Morgan fingerprint density at radius 1 is 0.700 bits per heavy atom. The largest absolute Gasteiger partial charge is 0.416 e. The Balaban J connectivity index is 0.000000452. The summed E-state index contributed by atoms with van der Waals surface area (Å²) in [6, 6.07) is 19.5. The number of rotatable bonds is 2. The molecule has 4 heteroatoms. The fourth-order valence-electron chi connectivity index (χ4n) is 1.62. The first kappa shape index (κ1) is 14.0. The second-order valence-electron chi connectivity index (χ2n) is 4.14. The summed E-state index contributed by atoms with van der Waals surface area (Å²) in [6.07, 6.45) is 0. The van der Waals surface area contributed by atoms with Crippen molar-refractivity contribution in [1.29, 1.82) is 0 Å². The molecule has 0 saturated carbocycles. The molecular formula is C16H17N3O. The molecule has 2 aromatic carbocycles. The molecule has 1 N–H and O–H groups in total. The van der Waals surface area contributed by atoms with E-state index in [-0.39, 0.29) is 0 Å². The zero-order valence-electron chi connectivity index (χ0n) is 11.6. The van der Waals surface area contributed by atoms with Gasteiger partial charge in [0.15, 0.2) is 0 Å². The third kappa shape index (κ3) is 3.52. The van der Waals surface area contributed by atoms with Gasteiger partial charge in [0.1, 0.15) is 0 Å². The summed E-state index contributed by atoms with van der Waals surface area (Å²) in [5, 5.41) is 10.8. The van der Waals surface area contributed by atoms with E-state index in [1.807, 2.05) is 74.8 Å². The van der Waals surface area contributed by atoms with Gasteiger partial charge in [-0.05, 0) is 38.4 Å². The van der Waals surface area contributed by atoms with Crippen LogP contribution in [0.15, 0.2) is 65.1 Å². The second kappa shape index (κ2) is 7.21. The second-order valence-corrected chi connectivity index (χ2v) is 4.14. The molecule has 0 saturated heterocycles. The molecule has 20 heavy (non-hydrogen) atoms. The fourth-order valence-corrected chi connectivity index (χ4v) is 1.62. The van der Waals surface area contributed by atoms with Gasteiger partial charge in [-0.25, -0.2) is 0 Å². The average Bonchev–Trinajstić information content (AvgIpc) is 3.00. The SMILES string of the molecule is CNC.c1ccc(-c2nnc(-c3ccccc3)o2)cc1. The number of benzene rings is 2. The number of nitrogens with one attached hydrogen (secondary N) is 1. The van der Waals surface area contributed by atoms with Crippen LogP contribution in [0.1, 0.15) is 0 Å². The fraction of sp³-hybridized carbons (Fsp3) is 0.125. The van der Waals surface area contributed by atoms with Crippen molar-refractivity contribution in [2.24, 2.45) is 0 Å². The van der Waals surface area contributed by atoms with Crippen LogP contribution in [0.25, 0.3) is 22.9 Å². The standard InChI is InChI=1S/C14H10N2O.C2H7N/c1-3-7-11(8-4-1)13-15-16-14(17-13)12-9-5-2-6-10-12;1-3-2/h1-10H;3H,1-2H3. The third-order valence-corrected chi connectivity index (χ3v) is 2.47. The molecule has 4 nitrogen and oxygen atoms in total. The highest BCUT2D eigenvalue weighted by molar-refractivity contribution is 5.57. The van der Waals surface area contributed by atoms with Crippen LogP contribution in [0.3, 0.4) is 0 Å². The van der Waals surface area contributed by atoms with Gasteiger partial charge in [0, 0.05) is 11.1 Å². The molecule has 0 amide bonds. The van der Waals surface area contributed by atoms with Gasteiger partial charge in [-0.1, -0.05) is 36.4 Å². The number of nitrogens with zero attached hydrogens (tertiary/aromatic N) is 2. The lowest BCUT2D eigenvalue weighted by Crippen LogP contribution is -1.89. The molecule has 0 bridgehead atoms. The van der Waals surface area contributed by atoms with E-state index in [9.17, 15) is 0 Å². The van der Waals surface area contributed by atoms with Gasteiger partial charge in [-0.2, -0.15) is 0 Å². The molecule has 3 rings (SSSR count). The Morgan fingerprint density at radius 3 is 1.40 bits per heavy atom. The molecule has 0 radical (unpaired) electrons. The summed E-state index contributed by atoms with van der Waals surface area (Å²) in [5.74, 6) is 1.09. The minimum Gasteiger partial charge on any atom is -0.416 e. The van der Waals surface area contributed by atoms with Crippen LogP contribution in [-0.4, -0.2) is 24.3 Å². The van der Waals surface area contributed by atoms with Gasteiger partial charge < -0.3 is 9.73 Å². The lowest BCUT2D eigenvalue weighted by molar-refractivity contribution is 0.584. The van der Waals surface area contributed by atoms with Crippen LogP contribution >= 0.6 is 0 Å². The zero-order valence-corrected chi connectivity index (χ0v) is 11.6. The molecule has 0 unspecified atom stereocenters. The molecule has 0 aliphatic carbocycles. The van der Waals surface area contributed by atoms with Crippen LogP contribution in [0, 0.1) is 0 Å². The summed E-state index contributed by atoms with van der Waals surface area (Å²) in [5.41, 5.74) is 1.87. The predicted octanol–water partition coefficient (Wildman–Crippen LogP) is 3.24. The van der Waals surface area contributed by atoms with Gasteiger partial charge in [0.05, 0.1) is 0 Å². The van der Waals surface area contributed by atoms with E-state index in [0.717, 1.165) is 11.1 Å². The molecule has 1 heterocycles. The van der Waals surface area contributed by atoms with Crippen molar-refractivity contribution in [3.8, 4) is 22.9 Å². The Bertz CT molecular complexity index is 566. The number of hydrogen-bond acceptors (Lipinski definition) is 4. The molecule has 1 aromatic heterocycles.